The zero-order valence-corrected chi connectivity index (χ0v) is 6.69. The van der Waals surface area contributed by atoms with Crippen molar-refractivity contribution in [2.75, 3.05) is 0 Å². The first-order chi connectivity index (χ1) is 5.05. The highest BCUT2D eigenvalue weighted by Crippen LogP contribution is 2.29. The van der Waals surface area contributed by atoms with Crippen molar-refractivity contribution in [3.63, 3.8) is 0 Å². The number of aliphatic carboxylic acids is 1. The zero-order valence-electron chi connectivity index (χ0n) is 5.87. The quantitative estimate of drug-likeness (QED) is 0.744. The van der Waals surface area contributed by atoms with Gasteiger partial charge in [0, 0.05) is 0 Å². The molecule has 1 unspecified atom stereocenters. The number of carbonyl (C=O) groups is 1. The second-order valence-corrected chi connectivity index (χ2v) is 3.23. The normalized spacial score (nSPS) is 15.8. The van der Waals surface area contributed by atoms with E-state index < -0.39 is 11.6 Å². The Labute approximate surface area is 67.3 Å². The van der Waals surface area contributed by atoms with Gasteiger partial charge in [-0.05, 0) is 18.4 Å². The Balaban J connectivity index is 3.00. The van der Waals surface area contributed by atoms with Crippen LogP contribution in [0.1, 0.15) is 11.8 Å². The minimum Gasteiger partial charge on any atom is -0.479 e. The molecule has 1 rings (SSSR count). The molecule has 0 fully saturated rings. The maximum atomic E-state index is 13.2. The fourth-order valence-electron chi connectivity index (χ4n) is 0.651. The molecular weight excluding hydrogens is 167 g/mol. The van der Waals surface area contributed by atoms with Gasteiger partial charge in [-0.2, -0.15) is 0 Å². The van der Waals surface area contributed by atoms with Gasteiger partial charge in [0.1, 0.15) is 0 Å². The Bertz CT molecular complexity index is 253. The maximum absolute atomic E-state index is 13.2. The molecule has 0 spiro atoms. The summed E-state index contributed by atoms with van der Waals surface area (Å²) < 4.78 is 13.2. The van der Waals surface area contributed by atoms with E-state index in [2.05, 4.69) is 0 Å². The van der Waals surface area contributed by atoms with Crippen molar-refractivity contribution in [3.8, 4) is 0 Å². The summed E-state index contributed by atoms with van der Waals surface area (Å²) in [5.41, 5.74) is -2.24. The van der Waals surface area contributed by atoms with E-state index in [1.165, 1.54) is 6.07 Å². The number of hydrogen-bond acceptors (Lipinski definition) is 2. The van der Waals surface area contributed by atoms with Crippen LogP contribution in [0.5, 0.6) is 0 Å². The van der Waals surface area contributed by atoms with Gasteiger partial charge in [0.05, 0.1) is 4.88 Å². The van der Waals surface area contributed by atoms with Crippen molar-refractivity contribution in [2.24, 2.45) is 0 Å². The van der Waals surface area contributed by atoms with E-state index in [9.17, 15) is 9.18 Å². The SMILES string of the molecule is CC(F)(C(=O)O)c1cccs1. The molecule has 1 atom stereocenters. The van der Waals surface area contributed by atoms with E-state index in [-0.39, 0.29) is 4.88 Å². The fraction of sp³-hybridized carbons (Fsp3) is 0.286. The summed E-state index contributed by atoms with van der Waals surface area (Å²) in [5.74, 6) is -1.44. The third kappa shape index (κ3) is 1.40. The zero-order chi connectivity index (χ0) is 8.48. The molecule has 4 heteroatoms. The monoisotopic (exact) mass is 174 g/mol. The number of rotatable bonds is 2. The number of carboxylic acid groups (broad SMARTS) is 1. The predicted molar refractivity (Wildman–Crippen MR) is 40.4 cm³/mol. The van der Waals surface area contributed by atoms with Gasteiger partial charge in [-0.1, -0.05) is 6.07 Å². The molecule has 1 heterocycles. The van der Waals surface area contributed by atoms with Crippen LogP contribution in [0, 0.1) is 0 Å². The van der Waals surface area contributed by atoms with Gasteiger partial charge >= 0.3 is 5.97 Å². The highest BCUT2D eigenvalue weighted by molar-refractivity contribution is 7.10. The Morgan fingerprint density at radius 3 is 2.82 bits per heavy atom. The first-order valence-electron chi connectivity index (χ1n) is 3.01. The highest BCUT2D eigenvalue weighted by Gasteiger charge is 2.35. The topological polar surface area (TPSA) is 37.3 Å². The smallest absolute Gasteiger partial charge is 0.346 e. The number of halogens is 1. The third-order valence-corrected chi connectivity index (χ3v) is 2.45. The maximum Gasteiger partial charge on any atom is 0.346 e. The predicted octanol–water partition coefficient (Wildman–Crippen LogP) is 2.02. The average molecular weight is 174 g/mol. The molecule has 0 amide bonds. The second-order valence-electron chi connectivity index (χ2n) is 2.29. The molecule has 0 saturated heterocycles. The van der Waals surface area contributed by atoms with E-state index in [0.29, 0.717) is 0 Å². The van der Waals surface area contributed by atoms with Gasteiger partial charge in [-0.15, -0.1) is 11.3 Å². The third-order valence-electron chi connectivity index (χ3n) is 1.39. The lowest BCUT2D eigenvalue weighted by molar-refractivity contribution is -0.150. The molecule has 1 N–H and O–H groups in total. The van der Waals surface area contributed by atoms with Crippen LogP contribution >= 0.6 is 11.3 Å². The van der Waals surface area contributed by atoms with Crippen LogP contribution in [0.4, 0.5) is 4.39 Å². The van der Waals surface area contributed by atoms with Crippen LogP contribution in [0.2, 0.25) is 0 Å². The molecule has 0 saturated carbocycles. The van der Waals surface area contributed by atoms with Gasteiger partial charge in [-0.25, -0.2) is 9.18 Å². The van der Waals surface area contributed by atoms with Gasteiger partial charge in [0.25, 0.3) is 0 Å². The minimum absolute atomic E-state index is 0.227. The average Bonchev–Trinajstić information content (AvgIpc) is 2.37. The molecule has 0 aliphatic heterocycles. The lowest BCUT2D eigenvalue weighted by atomic mass is 10.1. The summed E-state index contributed by atoms with van der Waals surface area (Å²) in [4.78, 5) is 10.6. The van der Waals surface area contributed by atoms with Crippen molar-refractivity contribution in [3.05, 3.63) is 22.4 Å². The Morgan fingerprint density at radius 2 is 2.45 bits per heavy atom. The van der Waals surface area contributed by atoms with Crippen LogP contribution in [0.15, 0.2) is 17.5 Å². The molecule has 0 aromatic carbocycles. The van der Waals surface area contributed by atoms with Gasteiger partial charge in [-0.3, -0.25) is 0 Å². The molecule has 2 nitrogen and oxygen atoms in total. The fourth-order valence-corrected chi connectivity index (χ4v) is 1.42. The second kappa shape index (κ2) is 2.62. The van der Waals surface area contributed by atoms with E-state index in [4.69, 9.17) is 5.11 Å². The first kappa shape index (κ1) is 8.20. The lowest BCUT2D eigenvalue weighted by Crippen LogP contribution is -2.25. The van der Waals surface area contributed by atoms with E-state index in [1.54, 1.807) is 11.4 Å². The summed E-state index contributed by atoms with van der Waals surface area (Å²) in [7, 11) is 0. The van der Waals surface area contributed by atoms with Crippen molar-refractivity contribution >= 4 is 17.3 Å². The van der Waals surface area contributed by atoms with Crippen molar-refractivity contribution in [1.29, 1.82) is 0 Å². The van der Waals surface area contributed by atoms with Gasteiger partial charge in [0.15, 0.2) is 0 Å². The van der Waals surface area contributed by atoms with E-state index >= 15 is 0 Å². The standard InChI is InChI=1S/C7H7FO2S/c1-7(8,6(9)10)5-3-2-4-11-5/h2-4H,1H3,(H,9,10). The lowest BCUT2D eigenvalue weighted by Gasteiger charge is -2.11. The molecule has 0 aliphatic carbocycles. The molecular formula is C7H7FO2S. The summed E-state index contributed by atoms with van der Waals surface area (Å²) in [6.07, 6.45) is 0. The number of carboxylic acids is 1. The van der Waals surface area contributed by atoms with Crippen LogP contribution in [0.3, 0.4) is 0 Å². The van der Waals surface area contributed by atoms with Crippen LogP contribution in [0.25, 0.3) is 0 Å². The largest absolute Gasteiger partial charge is 0.479 e. The summed E-state index contributed by atoms with van der Waals surface area (Å²) >= 11 is 1.10. The number of hydrogen-bond donors (Lipinski definition) is 1. The Hall–Kier alpha value is -0.900. The molecule has 0 aliphatic rings. The van der Waals surface area contributed by atoms with Crippen LogP contribution < -0.4 is 0 Å². The van der Waals surface area contributed by atoms with E-state index in [1.807, 2.05) is 0 Å². The molecule has 60 valence electrons. The molecule has 11 heavy (non-hydrogen) atoms. The van der Waals surface area contributed by atoms with Crippen molar-refractivity contribution < 1.29 is 14.3 Å². The number of alkyl halides is 1. The molecule has 0 bridgehead atoms. The number of thiophene rings is 1. The van der Waals surface area contributed by atoms with Crippen molar-refractivity contribution in [2.45, 2.75) is 12.6 Å². The molecule has 1 aromatic heterocycles. The Kier molecular flexibility index (Phi) is 1.95. The van der Waals surface area contributed by atoms with Gasteiger partial charge in [0.2, 0.25) is 5.67 Å². The van der Waals surface area contributed by atoms with E-state index in [0.717, 1.165) is 18.3 Å². The van der Waals surface area contributed by atoms with Crippen LogP contribution in [-0.4, -0.2) is 11.1 Å². The highest BCUT2D eigenvalue weighted by atomic mass is 32.1. The summed E-state index contributed by atoms with van der Waals surface area (Å²) in [6, 6.07) is 3.10. The molecule has 0 radical (unpaired) electrons. The molecule has 1 aromatic rings. The minimum atomic E-state index is -2.24. The first-order valence-corrected chi connectivity index (χ1v) is 3.89. The van der Waals surface area contributed by atoms with Crippen molar-refractivity contribution in [1.82, 2.24) is 0 Å². The van der Waals surface area contributed by atoms with Gasteiger partial charge < -0.3 is 5.11 Å². The Morgan fingerprint density at radius 1 is 1.82 bits per heavy atom. The van der Waals surface area contributed by atoms with Crippen LogP contribution in [-0.2, 0) is 10.5 Å². The summed E-state index contributed by atoms with van der Waals surface area (Å²) in [6.45, 7) is 1.04. The summed E-state index contributed by atoms with van der Waals surface area (Å²) in [5, 5.41) is 10.1.